The first-order chi connectivity index (χ1) is 9.42. The Hall–Kier alpha value is -1.10. The lowest BCUT2D eigenvalue weighted by atomic mass is 10.1. The zero-order valence-corrected chi connectivity index (χ0v) is 13.4. The summed E-state index contributed by atoms with van der Waals surface area (Å²) in [6, 6.07) is 0. The van der Waals surface area contributed by atoms with E-state index in [1.165, 1.54) is 0 Å². The molecule has 0 aliphatic carbocycles. The van der Waals surface area contributed by atoms with Crippen molar-refractivity contribution in [3.63, 3.8) is 0 Å². The van der Waals surface area contributed by atoms with Crippen molar-refractivity contribution in [1.29, 1.82) is 0 Å². The maximum Gasteiger partial charge on any atom is 0.307 e. The Morgan fingerprint density at radius 2 is 1.65 bits per heavy atom. The van der Waals surface area contributed by atoms with Gasteiger partial charge in [-0.05, 0) is 19.4 Å². The number of carbonyl (C=O) groups excluding carboxylic acids is 1. The fourth-order valence-electron chi connectivity index (χ4n) is 1.91. The molecule has 0 spiro atoms. The summed E-state index contributed by atoms with van der Waals surface area (Å²) >= 11 is 0. The highest BCUT2D eigenvalue weighted by Gasteiger charge is 2.19. The first kappa shape index (κ1) is 18.9. The SMILES string of the molecule is CCCCN(CC(=O)N(C)CCCC)CC(C)C(=O)O. The van der Waals surface area contributed by atoms with E-state index in [1.807, 2.05) is 11.9 Å². The zero-order valence-electron chi connectivity index (χ0n) is 13.4. The molecule has 5 nitrogen and oxygen atoms in total. The van der Waals surface area contributed by atoms with Crippen LogP contribution >= 0.6 is 0 Å². The molecule has 0 fully saturated rings. The largest absolute Gasteiger partial charge is 0.481 e. The third kappa shape index (κ3) is 8.15. The maximum atomic E-state index is 12.1. The number of rotatable bonds is 11. The molecule has 20 heavy (non-hydrogen) atoms. The van der Waals surface area contributed by atoms with Crippen molar-refractivity contribution in [3.05, 3.63) is 0 Å². The second kappa shape index (κ2) is 10.7. The van der Waals surface area contributed by atoms with Gasteiger partial charge in [0.05, 0.1) is 12.5 Å². The smallest absolute Gasteiger partial charge is 0.307 e. The minimum Gasteiger partial charge on any atom is -0.481 e. The summed E-state index contributed by atoms with van der Waals surface area (Å²) in [6.07, 6.45) is 4.09. The van der Waals surface area contributed by atoms with Crippen LogP contribution in [0.15, 0.2) is 0 Å². The van der Waals surface area contributed by atoms with E-state index >= 15 is 0 Å². The van der Waals surface area contributed by atoms with Gasteiger partial charge in [-0.15, -0.1) is 0 Å². The lowest BCUT2D eigenvalue weighted by molar-refractivity contribution is -0.142. The summed E-state index contributed by atoms with van der Waals surface area (Å²) in [5.74, 6) is -1.17. The number of amides is 1. The van der Waals surface area contributed by atoms with Crippen LogP contribution in [0.1, 0.15) is 46.5 Å². The van der Waals surface area contributed by atoms with Gasteiger partial charge in [0.2, 0.25) is 5.91 Å². The predicted molar refractivity (Wildman–Crippen MR) is 80.7 cm³/mol. The first-order valence-corrected chi connectivity index (χ1v) is 7.61. The van der Waals surface area contributed by atoms with Crippen LogP contribution < -0.4 is 0 Å². The number of hydrogen-bond acceptors (Lipinski definition) is 3. The Labute approximate surface area is 122 Å². The highest BCUT2D eigenvalue weighted by atomic mass is 16.4. The summed E-state index contributed by atoms with van der Waals surface area (Å²) in [5.41, 5.74) is 0. The van der Waals surface area contributed by atoms with E-state index in [-0.39, 0.29) is 5.91 Å². The van der Waals surface area contributed by atoms with E-state index in [1.54, 1.807) is 11.8 Å². The molecule has 0 aliphatic heterocycles. The van der Waals surface area contributed by atoms with Crippen LogP contribution in [0.4, 0.5) is 0 Å². The molecule has 5 heteroatoms. The summed E-state index contributed by atoms with van der Waals surface area (Å²) in [7, 11) is 1.82. The number of nitrogens with zero attached hydrogens (tertiary/aromatic N) is 2. The number of carbonyl (C=O) groups is 2. The van der Waals surface area contributed by atoms with Crippen LogP contribution in [-0.4, -0.2) is 60.0 Å². The summed E-state index contributed by atoms with van der Waals surface area (Å²) in [6.45, 7) is 8.17. The van der Waals surface area contributed by atoms with Gasteiger partial charge >= 0.3 is 5.97 Å². The zero-order chi connectivity index (χ0) is 15.5. The van der Waals surface area contributed by atoms with Crippen LogP contribution in [0.5, 0.6) is 0 Å². The Kier molecular flexibility index (Phi) is 10.1. The third-order valence-corrected chi connectivity index (χ3v) is 3.41. The van der Waals surface area contributed by atoms with E-state index in [2.05, 4.69) is 13.8 Å². The van der Waals surface area contributed by atoms with Crippen LogP contribution in [0.3, 0.4) is 0 Å². The highest BCUT2D eigenvalue weighted by molar-refractivity contribution is 5.78. The molecule has 1 unspecified atom stereocenters. The van der Waals surface area contributed by atoms with E-state index < -0.39 is 11.9 Å². The number of carboxylic acid groups (broad SMARTS) is 1. The van der Waals surface area contributed by atoms with Gasteiger partial charge in [-0.25, -0.2) is 0 Å². The number of carboxylic acids is 1. The highest BCUT2D eigenvalue weighted by Crippen LogP contribution is 2.04. The van der Waals surface area contributed by atoms with Gasteiger partial charge in [-0.1, -0.05) is 33.6 Å². The van der Waals surface area contributed by atoms with Crippen LogP contribution in [-0.2, 0) is 9.59 Å². The van der Waals surface area contributed by atoms with Gasteiger partial charge in [0, 0.05) is 20.1 Å². The quantitative estimate of drug-likeness (QED) is 0.631. The molecular formula is C15H30N2O3. The van der Waals surface area contributed by atoms with Crippen LogP contribution in [0, 0.1) is 5.92 Å². The Bertz CT molecular complexity index is 295. The predicted octanol–water partition coefficient (Wildman–Crippen LogP) is 2.07. The lowest BCUT2D eigenvalue weighted by Crippen LogP contribution is -2.41. The molecule has 0 aromatic rings. The van der Waals surface area contributed by atoms with Gasteiger partial charge < -0.3 is 10.0 Å². The molecular weight excluding hydrogens is 256 g/mol. The second-order valence-corrected chi connectivity index (χ2v) is 5.50. The monoisotopic (exact) mass is 286 g/mol. The molecule has 1 atom stereocenters. The molecule has 118 valence electrons. The van der Waals surface area contributed by atoms with Gasteiger partial charge in [0.15, 0.2) is 0 Å². The molecule has 0 aliphatic rings. The molecule has 0 rings (SSSR count). The first-order valence-electron chi connectivity index (χ1n) is 7.61. The van der Waals surface area contributed by atoms with Gasteiger partial charge in [0.25, 0.3) is 0 Å². The Morgan fingerprint density at radius 1 is 1.10 bits per heavy atom. The van der Waals surface area contributed by atoms with Gasteiger partial charge in [-0.2, -0.15) is 0 Å². The third-order valence-electron chi connectivity index (χ3n) is 3.41. The van der Waals surface area contributed by atoms with Crippen molar-refractivity contribution in [2.24, 2.45) is 5.92 Å². The maximum absolute atomic E-state index is 12.1. The number of likely N-dealkylation sites (N-methyl/N-ethyl adjacent to an activating group) is 1. The van der Waals surface area contributed by atoms with E-state index in [9.17, 15) is 9.59 Å². The number of hydrogen-bond donors (Lipinski definition) is 1. The topological polar surface area (TPSA) is 60.9 Å². The number of unbranched alkanes of at least 4 members (excludes halogenated alkanes) is 2. The van der Waals surface area contributed by atoms with Crippen molar-refractivity contribution < 1.29 is 14.7 Å². The average Bonchev–Trinajstić information content (AvgIpc) is 2.41. The Balaban J connectivity index is 4.39. The van der Waals surface area contributed by atoms with Gasteiger partial charge in [0.1, 0.15) is 0 Å². The molecule has 1 amide bonds. The lowest BCUT2D eigenvalue weighted by Gasteiger charge is -2.26. The molecule has 0 aromatic heterocycles. The van der Waals surface area contributed by atoms with Crippen molar-refractivity contribution in [1.82, 2.24) is 9.80 Å². The summed E-state index contributed by atoms with van der Waals surface area (Å²) < 4.78 is 0. The second-order valence-electron chi connectivity index (χ2n) is 5.50. The summed E-state index contributed by atoms with van der Waals surface area (Å²) in [4.78, 5) is 26.8. The summed E-state index contributed by atoms with van der Waals surface area (Å²) in [5, 5.41) is 8.99. The van der Waals surface area contributed by atoms with Crippen molar-refractivity contribution in [3.8, 4) is 0 Å². The van der Waals surface area contributed by atoms with E-state index in [4.69, 9.17) is 5.11 Å². The van der Waals surface area contributed by atoms with Crippen LogP contribution in [0.25, 0.3) is 0 Å². The molecule has 0 radical (unpaired) electrons. The average molecular weight is 286 g/mol. The van der Waals surface area contributed by atoms with Crippen LogP contribution in [0.2, 0.25) is 0 Å². The Morgan fingerprint density at radius 3 is 2.15 bits per heavy atom. The number of aliphatic carboxylic acids is 1. The molecule has 1 N–H and O–H groups in total. The fourth-order valence-corrected chi connectivity index (χ4v) is 1.91. The van der Waals surface area contributed by atoms with E-state index in [0.717, 1.165) is 38.8 Å². The van der Waals surface area contributed by atoms with E-state index in [0.29, 0.717) is 13.1 Å². The molecule has 0 bridgehead atoms. The molecule has 0 aromatic carbocycles. The molecule has 0 saturated carbocycles. The molecule has 0 saturated heterocycles. The van der Waals surface area contributed by atoms with Crippen molar-refractivity contribution in [2.45, 2.75) is 46.5 Å². The standard InChI is InChI=1S/C15H30N2O3/c1-5-7-9-16(4)14(18)12-17(10-8-6-2)11-13(3)15(19)20/h13H,5-12H2,1-4H3,(H,19,20). The normalized spacial score (nSPS) is 12.4. The van der Waals surface area contributed by atoms with Gasteiger partial charge in [-0.3, -0.25) is 14.5 Å². The fraction of sp³-hybridized carbons (Fsp3) is 0.867. The molecule has 0 heterocycles. The minimum atomic E-state index is -0.807. The van der Waals surface area contributed by atoms with Crippen molar-refractivity contribution >= 4 is 11.9 Å². The minimum absolute atomic E-state index is 0.0761. The van der Waals surface area contributed by atoms with Crippen molar-refractivity contribution in [2.75, 3.05) is 33.2 Å².